The smallest absolute Gasteiger partial charge is 0.223 e. The first-order chi connectivity index (χ1) is 9.06. The number of amides is 1. The average molecular weight is 286 g/mol. The molecule has 0 aromatic heterocycles. The third-order valence-corrected chi connectivity index (χ3v) is 4.10. The van der Waals surface area contributed by atoms with Crippen LogP contribution in [0, 0.1) is 5.82 Å². The topological polar surface area (TPSA) is 63.4 Å². The maximum atomic E-state index is 13.4. The van der Waals surface area contributed by atoms with E-state index in [9.17, 15) is 13.4 Å². The molecule has 4 nitrogen and oxygen atoms in total. The Bertz CT molecular complexity index is 454. The van der Waals surface area contributed by atoms with Crippen molar-refractivity contribution in [2.45, 2.75) is 17.7 Å². The molecule has 19 heavy (non-hydrogen) atoms. The highest BCUT2D eigenvalue weighted by atomic mass is 32.2. The van der Waals surface area contributed by atoms with Crippen LogP contribution in [0.1, 0.15) is 12.8 Å². The van der Waals surface area contributed by atoms with E-state index in [-0.39, 0.29) is 23.0 Å². The van der Waals surface area contributed by atoms with E-state index in [1.165, 1.54) is 12.1 Å². The highest BCUT2D eigenvalue weighted by Gasteiger charge is 2.13. The Balaban J connectivity index is 2.46. The van der Waals surface area contributed by atoms with Gasteiger partial charge in [0.25, 0.3) is 0 Å². The van der Waals surface area contributed by atoms with Crippen molar-refractivity contribution in [1.82, 2.24) is 4.90 Å². The molecule has 0 heterocycles. The largest absolute Gasteiger partial charge is 0.346 e. The molecule has 0 saturated carbocycles. The molecule has 1 aromatic carbocycles. The van der Waals surface area contributed by atoms with Gasteiger partial charge in [0.15, 0.2) is 0 Å². The van der Waals surface area contributed by atoms with E-state index in [1.54, 1.807) is 24.1 Å². The van der Waals surface area contributed by atoms with Gasteiger partial charge in [0.2, 0.25) is 5.91 Å². The van der Waals surface area contributed by atoms with Gasteiger partial charge < -0.3 is 10.6 Å². The van der Waals surface area contributed by atoms with Crippen molar-refractivity contribution in [2.75, 3.05) is 25.9 Å². The molecule has 1 aromatic rings. The average Bonchev–Trinajstić information content (AvgIpc) is 2.42. The Labute approximate surface area is 115 Å². The van der Waals surface area contributed by atoms with Crippen LogP contribution in [0.5, 0.6) is 0 Å². The first-order valence-corrected chi connectivity index (χ1v) is 7.45. The molecule has 1 amide bonds. The minimum Gasteiger partial charge on any atom is -0.346 e. The summed E-state index contributed by atoms with van der Waals surface area (Å²) in [5.74, 6) is -0.463. The molecule has 1 atom stereocenters. The van der Waals surface area contributed by atoms with Crippen molar-refractivity contribution >= 4 is 16.7 Å². The lowest BCUT2D eigenvalue weighted by molar-refractivity contribution is -0.129. The van der Waals surface area contributed by atoms with Crippen molar-refractivity contribution < 1.29 is 13.4 Å². The molecular formula is C13H19FN2O2S. The summed E-state index contributed by atoms with van der Waals surface area (Å²) in [7, 11) is 0.200. The Kier molecular flexibility index (Phi) is 6.66. The van der Waals surface area contributed by atoms with Crippen LogP contribution < -0.4 is 5.73 Å². The van der Waals surface area contributed by atoms with E-state index in [1.807, 2.05) is 0 Å². The number of benzene rings is 1. The zero-order valence-corrected chi connectivity index (χ0v) is 11.8. The van der Waals surface area contributed by atoms with Gasteiger partial charge in [0, 0.05) is 25.8 Å². The maximum Gasteiger partial charge on any atom is 0.223 e. The van der Waals surface area contributed by atoms with Gasteiger partial charge in [0.05, 0.1) is 15.7 Å². The normalized spacial score (nSPS) is 12.2. The van der Waals surface area contributed by atoms with E-state index in [0.29, 0.717) is 13.1 Å². The van der Waals surface area contributed by atoms with Crippen LogP contribution in [0.3, 0.4) is 0 Å². The summed E-state index contributed by atoms with van der Waals surface area (Å²) in [6.07, 6.45) is 0.876. The summed E-state index contributed by atoms with van der Waals surface area (Å²) in [5.41, 5.74) is 5.36. The van der Waals surface area contributed by atoms with Gasteiger partial charge in [-0.05, 0) is 25.1 Å². The highest BCUT2D eigenvalue weighted by molar-refractivity contribution is 7.85. The Morgan fingerprint density at radius 1 is 1.42 bits per heavy atom. The molecule has 0 aliphatic heterocycles. The Hall–Kier alpha value is -1.27. The zero-order chi connectivity index (χ0) is 14.3. The molecule has 0 bridgehead atoms. The fourth-order valence-corrected chi connectivity index (χ4v) is 2.66. The Morgan fingerprint density at radius 2 is 2.11 bits per heavy atom. The van der Waals surface area contributed by atoms with Crippen molar-refractivity contribution in [3.05, 3.63) is 30.1 Å². The van der Waals surface area contributed by atoms with E-state index >= 15 is 0 Å². The van der Waals surface area contributed by atoms with Crippen LogP contribution >= 0.6 is 0 Å². The van der Waals surface area contributed by atoms with Crippen LogP contribution in [-0.4, -0.2) is 40.9 Å². The first-order valence-electron chi connectivity index (χ1n) is 6.13. The van der Waals surface area contributed by atoms with Crippen LogP contribution in [0.25, 0.3) is 0 Å². The second kappa shape index (κ2) is 8.01. The molecule has 106 valence electrons. The quantitative estimate of drug-likeness (QED) is 0.817. The fourth-order valence-electron chi connectivity index (χ4n) is 1.56. The third kappa shape index (κ3) is 5.08. The summed E-state index contributed by atoms with van der Waals surface area (Å²) in [5, 5.41) is 0. The summed E-state index contributed by atoms with van der Waals surface area (Å²) in [4.78, 5) is 13.4. The van der Waals surface area contributed by atoms with Crippen LogP contribution in [0.4, 0.5) is 4.39 Å². The summed E-state index contributed by atoms with van der Waals surface area (Å²) in [6.45, 7) is 1.11. The van der Waals surface area contributed by atoms with Crippen LogP contribution in [0.15, 0.2) is 29.2 Å². The van der Waals surface area contributed by atoms with E-state index in [4.69, 9.17) is 5.73 Å². The monoisotopic (exact) mass is 286 g/mol. The minimum atomic E-state index is -1.49. The summed E-state index contributed by atoms with van der Waals surface area (Å²) >= 11 is 0. The lowest BCUT2D eigenvalue weighted by Crippen LogP contribution is -2.29. The molecule has 0 saturated heterocycles. The van der Waals surface area contributed by atoms with Gasteiger partial charge in [-0.2, -0.15) is 0 Å². The SMILES string of the molecule is CN(CCCN)C(=O)CCS(=O)c1ccccc1F. The van der Waals surface area contributed by atoms with Gasteiger partial charge in [-0.1, -0.05) is 12.1 Å². The molecule has 0 spiro atoms. The second-order valence-corrected chi connectivity index (χ2v) is 5.73. The molecule has 1 unspecified atom stereocenters. The predicted molar refractivity (Wildman–Crippen MR) is 73.6 cm³/mol. The van der Waals surface area contributed by atoms with Gasteiger partial charge in [-0.25, -0.2) is 4.39 Å². The molecule has 2 N–H and O–H groups in total. The number of hydrogen-bond acceptors (Lipinski definition) is 3. The van der Waals surface area contributed by atoms with E-state index < -0.39 is 16.6 Å². The molecule has 0 radical (unpaired) electrons. The number of halogens is 1. The predicted octanol–water partition coefficient (Wildman–Crippen LogP) is 1.13. The number of carbonyl (C=O) groups is 1. The van der Waals surface area contributed by atoms with Gasteiger partial charge in [0.1, 0.15) is 5.82 Å². The second-order valence-electron chi connectivity index (χ2n) is 4.19. The van der Waals surface area contributed by atoms with Gasteiger partial charge >= 0.3 is 0 Å². The zero-order valence-electron chi connectivity index (χ0n) is 11.0. The fraction of sp³-hybridized carbons (Fsp3) is 0.462. The van der Waals surface area contributed by atoms with Crippen LogP contribution in [0.2, 0.25) is 0 Å². The molecule has 0 aliphatic rings. The molecule has 0 aliphatic carbocycles. The standard InChI is InChI=1S/C13H19FN2O2S/c1-16(9-4-8-15)13(17)7-10-19(18)12-6-3-2-5-11(12)14/h2-3,5-6H,4,7-10,15H2,1H3. The third-order valence-electron chi connectivity index (χ3n) is 2.71. The number of nitrogens with zero attached hydrogens (tertiary/aromatic N) is 1. The van der Waals surface area contributed by atoms with E-state index in [2.05, 4.69) is 0 Å². The number of hydrogen-bond donors (Lipinski definition) is 1. The van der Waals surface area contributed by atoms with Gasteiger partial charge in [-0.15, -0.1) is 0 Å². The van der Waals surface area contributed by atoms with Gasteiger partial charge in [-0.3, -0.25) is 9.00 Å². The van der Waals surface area contributed by atoms with Crippen molar-refractivity contribution in [1.29, 1.82) is 0 Å². The summed E-state index contributed by atoms with van der Waals surface area (Å²) < 4.78 is 25.3. The molecule has 1 rings (SSSR count). The number of carbonyl (C=O) groups excluding carboxylic acids is 1. The molecular weight excluding hydrogens is 267 g/mol. The van der Waals surface area contributed by atoms with Crippen molar-refractivity contribution in [2.24, 2.45) is 5.73 Å². The van der Waals surface area contributed by atoms with Crippen molar-refractivity contribution in [3.8, 4) is 0 Å². The molecule has 0 fully saturated rings. The Morgan fingerprint density at radius 3 is 2.74 bits per heavy atom. The minimum absolute atomic E-state index is 0.0989. The number of nitrogens with two attached hydrogens (primary N) is 1. The van der Waals surface area contributed by atoms with Crippen molar-refractivity contribution in [3.63, 3.8) is 0 Å². The lowest BCUT2D eigenvalue weighted by Gasteiger charge is -2.16. The highest BCUT2D eigenvalue weighted by Crippen LogP contribution is 2.12. The number of rotatable bonds is 7. The molecule has 6 heteroatoms. The maximum absolute atomic E-state index is 13.4. The summed E-state index contributed by atoms with van der Waals surface area (Å²) in [6, 6.07) is 5.92. The van der Waals surface area contributed by atoms with E-state index in [0.717, 1.165) is 6.42 Å². The lowest BCUT2D eigenvalue weighted by atomic mass is 10.3. The first kappa shape index (κ1) is 15.8. The van der Waals surface area contributed by atoms with Crippen LogP contribution in [-0.2, 0) is 15.6 Å².